The molecule has 0 aromatic heterocycles. The fourth-order valence-electron chi connectivity index (χ4n) is 8.42. The molecule has 0 spiro atoms. The van der Waals surface area contributed by atoms with E-state index in [9.17, 15) is 14.4 Å². The van der Waals surface area contributed by atoms with E-state index in [1.807, 2.05) is 0 Å². The number of carbonyl (C=O) groups excluding carboxylic acids is 3. The highest BCUT2D eigenvalue weighted by Gasteiger charge is 2.19. The number of carbonyl (C=O) groups is 3. The molecule has 6 heteroatoms. The van der Waals surface area contributed by atoms with E-state index >= 15 is 0 Å². The summed E-state index contributed by atoms with van der Waals surface area (Å²) in [5.74, 6) is -0.902. The van der Waals surface area contributed by atoms with Gasteiger partial charge in [0.25, 0.3) is 0 Å². The van der Waals surface area contributed by atoms with Crippen molar-refractivity contribution in [1.82, 2.24) is 0 Å². The first-order valence-electron chi connectivity index (χ1n) is 29.9. The third kappa shape index (κ3) is 55.8. The minimum atomic E-state index is -0.788. The molecule has 0 aliphatic carbocycles. The molecular weight excluding hydrogens is 865 g/mol. The second-order valence-electron chi connectivity index (χ2n) is 19.9. The third-order valence-corrected chi connectivity index (χ3v) is 12.9. The molecule has 0 amide bonds. The first kappa shape index (κ1) is 66.9. The van der Waals surface area contributed by atoms with Gasteiger partial charge in [0.05, 0.1) is 0 Å². The maximum atomic E-state index is 12.9. The summed E-state index contributed by atoms with van der Waals surface area (Å²) in [7, 11) is 0. The molecule has 0 heterocycles. The van der Waals surface area contributed by atoms with Crippen molar-refractivity contribution in [3.63, 3.8) is 0 Å². The van der Waals surface area contributed by atoms with Crippen molar-refractivity contribution in [2.45, 2.75) is 303 Å². The molecule has 6 nitrogen and oxygen atoms in total. The standard InChI is InChI=1S/C64H112O6/c1-4-7-10-13-16-19-22-25-28-30-32-34-36-39-42-45-48-51-54-57-63(66)69-60-61(59-68-62(65)56-53-50-47-44-41-38-35-27-24-21-18-15-12-9-6-3)70-64(67)58-55-52-49-46-43-40-37-33-31-29-26-23-20-17-14-11-8-5-2/h9,12,18,20-21,23,25,27-29,31,35,61H,4-8,10-11,13-17,19,22,24,26,30,32-34,36-60H2,1-3H3/b12-9-,21-18-,23-20-,28-25-,31-29-,35-27-. The Morgan fingerprint density at radius 2 is 0.557 bits per heavy atom. The molecule has 70 heavy (non-hydrogen) atoms. The van der Waals surface area contributed by atoms with Crippen LogP contribution < -0.4 is 0 Å². The van der Waals surface area contributed by atoms with Crippen molar-refractivity contribution >= 4 is 17.9 Å². The van der Waals surface area contributed by atoms with E-state index < -0.39 is 6.10 Å². The maximum Gasteiger partial charge on any atom is 0.306 e. The molecule has 0 aromatic carbocycles. The maximum absolute atomic E-state index is 12.9. The van der Waals surface area contributed by atoms with Gasteiger partial charge in [0.15, 0.2) is 6.10 Å². The molecule has 0 radical (unpaired) electrons. The number of esters is 3. The van der Waals surface area contributed by atoms with Crippen molar-refractivity contribution in [3.05, 3.63) is 72.9 Å². The minimum absolute atomic E-state index is 0.0845. The van der Waals surface area contributed by atoms with E-state index in [-0.39, 0.29) is 31.1 Å². The molecule has 0 saturated carbocycles. The van der Waals surface area contributed by atoms with Crippen LogP contribution >= 0.6 is 0 Å². The van der Waals surface area contributed by atoms with Crippen molar-refractivity contribution in [1.29, 1.82) is 0 Å². The molecule has 0 saturated heterocycles. The van der Waals surface area contributed by atoms with Crippen LogP contribution in [0.2, 0.25) is 0 Å². The normalized spacial score (nSPS) is 12.6. The average molecular weight is 978 g/mol. The quantitative estimate of drug-likeness (QED) is 0.0261. The number of ether oxygens (including phenoxy) is 3. The zero-order valence-corrected chi connectivity index (χ0v) is 46.3. The molecule has 0 aliphatic rings. The first-order valence-corrected chi connectivity index (χ1v) is 29.9. The van der Waals surface area contributed by atoms with E-state index in [1.165, 1.54) is 148 Å². The second kappa shape index (κ2) is 58.4. The minimum Gasteiger partial charge on any atom is -0.462 e. The summed E-state index contributed by atoms with van der Waals surface area (Å²) in [6.45, 7) is 6.51. The summed E-state index contributed by atoms with van der Waals surface area (Å²) < 4.78 is 16.9. The molecule has 404 valence electrons. The van der Waals surface area contributed by atoms with Crippen molar-refractivity contribution in [2.75, 3.05) is 13.2 Å². The van der Waals surface area contributed by atoms with Crippen LogP contribution in [-0.4, -0.2) is 37.2 Å². The van der Waals surface area contributed by atoms with Crippen molar-refractivity contribution < 1.29 is 28.6 Å². The smallest absolute Gasteiger partial charge is 0.306 e. The van der Waals surface area contributed by atoms with Gasteiger partial charge in [0.1, 0.15) is 13.2 Å². The molecule has 0 aromatic rings. The number of allylic oxidation sites excluding steroid dienone is 12. The summed E-state index contributed by atoms with van der Waals surface area (Å²) in [5.41, 5.74) is 0. The predicted octanol–water partition coefficient (Wildman–Crippen LogP) is 20.2. The largest absolute Gasteiger partial charge is 0.462 e. The Labute approximate surface area is 433 Å². The SMILES string of the molecule is CC/C=C\C/C=C\C/C=C\CCCCCCCC(=O)OCC(COC(=O)CCCCCCCCCCC/C=C\CCCCCCCC)OC(=O)CCCCCCCCC/C=C\C/C=C\CCCCCC. The third-order valence-electron chi connectivity index (χ3n) is 12.9. The Balaban J connectivity index is 4.40. The van der Waals surface area contributed by atoms with Gasteiger partial charge in [-0.3, -0.25) is 14.4 Å². The Bertz CT molecular complexity index is 1310. The second-order valence-corrected chi connectivity index (χ2v) is 19.9. The van der Waals surface area contributed by atoms with E-state index in [0.29, 0.717) is 19.3 Å². The monoisotopic (exact) mass is 977 g/mol. The van der Waals surface area contributed by atoms with Gasteiger partial charge in [0, 0.05) is 19.3 Å². The molecule has 0 fully saturated rings. The van der Waals surface area contributed by atoms with Crippen LogP contribution in [0.3, 0.4) is 0 Å². The Kier molecular flexibility index (Phi) is 55.8. The molecule has 0 N–H and O–H groups in total. The summed E-state index contributed by atoms with van der Waals surface area (Å²) >= 11 is 0. The highest BCUT2D eigenvalue weighted by molar-refractivity contribution is 5.71. The lowest BCUT2D eigenvalue weighted by Crippen LogP contribution is -2.30. The summed E-state index contributed by atoms with van der Waals surface area (Å²) in [4.78, 5) is 38.2. The zero-order chi connectivity index (χ0) is 50.7. The van der Waals surface area contributed by atoms with Gasteiger partial charge >= 0.3 is 17.9 Å². The van der Waals surface area contributed by atoms with Gasteiger partial charge in [-0.05, 0) is 109 Å². The lowest BCUT2D eigenvalue weighted by Gasteiger charge is -2.18. The Morgan fingerprint density at radius 3 is 0.900 bits per heavy atom. The van der Waals surface area contributed by atoms with Crippen LogP contribution in [-0.2, 0) is 28.6 Å². The molecule has 1 atom stereocenters. The van der Waals surface area contributed by atoms with Crippen LogP contribution in [0, 0.1) is 0 Å². The summed E-state index contributed by atoms with van der Waals surface area (Å²) in [5, 5.41) is 0. The van der Waals surface area contributed by atoms with Crippen LogP contribution in [0.25, 0.3) is 0 Å². The molecule has 1 unspecified atom stereocenters. The topological polar surface area (TPSA) is 78.9 Å². The number of hydrogen-bond acceptors (Lipinski definition) is 6. The first-order chi connectivity index (χ1) is 34.5. The molecule has 0 aliphatic heterocycles. The van der Waals surface area contributed by atoms with Crippen LogP contribution in [0.1, 0.15) is 297 Å². The van der Waals surface area contributed by atoms with Gasteiger partial charge in [0.2, 0.25) is 0 Å². The fourth-order valence-corrected chi connectivity index (χ4v) is 8.42. The Hall–Kier alpha value is -3.15. The van der Waals surface area contributed by atoms with Crippen LogP contribution in [0.4, 0.5) is 0 Å². The van der Waals surface area contributed by atoms with Gasteiger partial charge in [-0.15, -0.1) is 0 Å². The molecule has 0 rings (SSSR count). The van der Waals surface area contributed by atoms with Gasteiger partial charge < -0.3 is 14.2 Å². The van der Waals surface area contributed by atoms with Crippen LogP contribution in [0.15, 0.2) is 72.9 Å². The highest BCUT2D eigenvalue weighted by atomic mass is 16.6. The van der Waals surface area contributed by atoms with Gasteiger partial charge in [-0.25, -0.2) is 0 Å². The highest BCUT2D eigenvalue weighted by Crippen LogP contribution is 2.15. The number of rotatable bonds is 54. The predicted molar refractivity (Wildman–Crippen MR) is 302 cm³/mol. The van der Waals surface area contributed by atoms with Crippen molar-refractivity contribution in [2.24, 2.45) is 0 Å². The summed E-state index contributed by atoms with van der Waals surface area (Å²) in [6, 6.07) is 0. The average Bonchev–Trinajstić information content (AvgIpc) is 3.36. The number of unbranched alkanes of at least 4 members (excludes halogenated alkanes) is 31. The van der Waals surface area contributed by atoms with E-state index in [1.54, 1.807) is 0 Å². The van der Waals surface area contributed by atoms with E-state index in [2.05, 4.69) is 93.7 Å². The lowest BCUT2D eigenvalue weighted by atomic mass is 10.1. The zero-order valence-electron chi connectivity index (χ0n) is 46.3. The van der Waals surface area contributed by atoms with E-state index in [0.717, 1.165) is 109 Å². The van der Waals surface area contributed by atoms with E-state index in [4.69, 9.17) is 14.2 Å². The Morgan fingerprint density at radius 1 is 0.300 bits per heavy atom. The van der Waals surface area contributed by atoms with Gasteiger partial charge in [-0.1, -0.05) is 241 Å². The van der Waals surface area contributed by atoms with Crippen LogP contribution in [0.5, 0.6) is 0 Å². The number of hydrogen-bond donors (Lipinski definition) is 0. The molecule has 0 bridgehead atoms. The lowest BCUT2D eigenvalue weighted by molar-refractivity contribution is -0.167. The fraction of sp³-hybridized carbons (Fsp3) is 0.766. The molecular formula is C64H112O6. The van der Waals surface area contributed by atoms with Gasteiger partial charge in [-0.2, -0.15) is 0 Å². The summed E-state index contributed by atoms with van der Waals surface area (Å²) in [6.07, 6.45) is 74.6. The van der Waals surface area contributed by atoms with Crippen molar-refractivity contribution in [3.8, 4) is 0 Å².